The van der Waals surface area contributed by atoms with E-state index in [1.54, 1.807) is 7.05 Å². The number of rotatable bonds is 6. The van der Waals surface area contributed by atoms with E-state index in [9.17, 15) is 13.2 Å². The van der Waals surface area contributed by atoms with Gasteiger partial charge in [0.1, 0.15) is 0 Å². The molecule has 2 N–H and O–H groups in total. The van der Waals surface area contributed by atoms with Gasteiger partial charge in [0.25, 0.3) is 0 Å². The van der Waals surface area contributed by atoms with Crippen LogP contribution in [0.5, 0.6) is 0 Å². The summed E-state index contributed by atoms with van der Waals surface area (Å²) in [5.41, 5.74) is 1.47. The van der Waals surface area contributed by atoms with Gasteiger partial charge in [0, 0.05) is 50.7 Å². The van der Waals surface area contributed by atoms with Crippen molar-refractivity contribution in [2.24, 2.45) is 4.99 Å². The molecule has 1 aliphatic heterocycles. The first kappa shape index (κ1) is 20.2. The van der Waals surface area contributed by atoms with Crippen molar-refractivity contribution in [2.45, 2.75) is 19.1 Å². The van der Waals surface area contributed by atoms with E-state index in [1.807, 2.05) is 12.1 Å². The van der Waals surface area contributed by atoms with Crippen LogP contribution in [0.4, 0.5) is 18.9 Å². The molecule has 0 bridgehead atoms. The van der Waals surface area contributed by atoms with Gasteiger partial charge in [0.05, 0.1) is 5.01 Å². The molecule has 0 unspecified atom stereocenters. The smallest absolute Gasteiger partial charge is 0.364 e. The van der Waals surface area contributed by atoms with Gasteiger partial charge in [-0.25, -0.2) is 4.98 Å². The summed E-state index contributed by atoms with van der Waals surface area (Å²) < 4.78 is 37.8. The van der Waals surface area contributed by atoms with Crippen molar-refractivity contribution in [3.8, 4) is 0 Å². The van der Waals surface area contributed by atoms with Crippen LogP contribution in [0.2, 0.25) is 0 Å². The maximum Gasteiger partial charge on any atom is 0.434 e. The summed E-state index contributed by atoms with van der Waals surface area (Å²) in [5.74, 6) is 0.598. The van der Waals surface area contributed by atoms with Crippen LogP contribution >= 0.6 is 11.3 Å². The van der Waals surface area contributed by atoms with Crippen molar-refractivity contribution >= 4 is 23.0 Å². The number of hydrogen-bond donors (Lipinski definition) is 2. The zero-order chi connectivity index (χ0) is 20.0. The number of guanidine groups is 1. The fourth-order valence-corrected chi connectivity index (χ4v) is 3.61. The molecule has 0 aliphatic carbocycles. The lowest BCUT2D eigenvalue weighted by Crippen LogP contribution is -2.37. The molecule has 150 valence electrons. The maximum absolute atomic E-state index is 12.6. The van der Waals surface area contributed by atoms with Gasteiger partial charge in [-0.15, -0.1) is 11.3 Å². The SMILES string of the molecule is CN=C(NCCc1nc(C(F)(F)F)cs1)NCc1cccc(N2CC=CC2)c1. The lowest BCUT2D eigenvalue weighted by atomic mass is 10.2. The monoisotopic (exact) mass is 409 g/mol. The van der Waals surface area contributed by atoms with Gasteiger partial charge in [-0.05, 0) is 17.7 Å². The molecule has 1 aromatic carbocycles. The molecule has 2 aromatic rings. The molecule has 28 heavy (non-hydrogen) atoms. The fraction of sp³-hybridized carbons (Fsp3) is 0.368. The first-order valence-corrected chi connectivity index (χ1v) is 9.78. The zero-order valence-corrected chi connectivity index (χ0v) is 16.3. The normalized spacial score (nSPS) is 14.6. The van der Waals surface area contributed by atoms with Crippen LogP contribution in [0.1, 0.15) is 16.3 Å². The van der Waals surface area contributed by atoms with Crippen LogP contribution in [0, 0.1) is 0 Å². The predicted octanol–water partition coefficient (Wildman–Crippen LogP) is 3.45. The molecule has 0 atom stereocenters. The first-order valence-electron chi connectivity index (χ1n) is 8.90. The standard InChI is InChI=1S/C19H22F3N5S/c1-23-18(24-8-7-17-26-16(13-28-17)19(20,21)22)25-12-14-5-4-6-15(11-14)27-9-2-3-10-27/h2-6,11,13H,7-10,12H2,1H3,(H2,23,24,25). The number of nitrogens with zero attached hydrogens (tertiary/aromatic N) is 3. The van der Waals surface area contributed by atoms with Crippen molar-refractivity contribution in [2.75, 3.05) is 31.6 Å². The molecule has 0 saturated carbocycles. The number of hydrogen-bond acceptors (Lipinski definition) is 4. The first-order chi connectivity index (χ1) is 13.5. The number of alkyl halides is 3. The number of aliphatic imine (C=N–C) groups is 1. The molecule has 9 heteroatoms. The van der Waals surface area contributed by atoms with Crippen molar-refractivity contribution < 1.29 is 13.2 Å². The number of thiazole rings is 1. The summed E-state index contributed by atoms with van der Waals surface area (Å²) in [7, 11) is 1.66. The predicted molar refractivity (Wildman–Crippen MR) is 107 cm³/mol. The lowest BCUT2D eigenvalue weighted by Gasteiger charge is -2.19. The third kappa shape index (κ3) is 5.48. The highest BCUT2D eigenvalue weighted by Gasteiger charge is 2.33. The van der Waals surface area contributed by atoms with E-state index in [2.05, 4.69) is 49.8 Å². The number of halogens is 3. The van der Waals surface area contributed by atoms with Crippen LogP contribution in [0.15, 0.2) is 46.8 Å². The average molecular weight is 409 g/mol. The number of benzene rings is 1. The Hall–Kier alpha value is -2.55. The highest BCUT2D eigenvalue weighted by atomic mass is 32.1. The third-order valence-corrected chi connectivity index (χ3v) is 5.16. The summed E-state index contributed by atoms with van der Waals surface area (Å²) >= 11 is 1.02. The van der Waals surface area contributed by atoms with Gasteiger partial charge in [-0.3, -0.25) is 4.99 Å². The van der Waals surface area contributed by atoms with E-state index in [4.69, 9.17) is 0 Å². The topological polar surface area (TPSA) is 52.6 Å². The molecule has 1 aromatic heterocycles. The second-order valence-corrected chi connectivity index (χ2v) is 7.22. The van der Waals surface area contributed by atoms with E-state index < -0.39 is 11.9 Å². The summed E-state index contributed by atoms with van der Waals surface area (Å²) in [6.45, 7) is 2.90. The minimum absolute atomic E-state index is 0.402. The van der Waals surface area contributed by atoms with E-state index in [0.717, 1.165) is 35.4 Å². The van der Waals surface area contributed by atoms with Gasteiger partial charge in [-0.1, -0.05) is 24.3 Å². The van der Waals surface area contributed by atoms with Crippen LogP contribution in [0.25, 0.3) is 0 Å². The highest BCUT2D eigenvalue weighted by Crippen LogP contribution is 2.30. The summed E-state index contributed by atoms with van der Waals surface area (Å²) in [6.07, 6.45) is 0.311. The molecular weight excluding hydrogens is 387 g/mol. The maximum atomic E-state index is 12.6. The van der Waals surface area contributed by atoms with Crippen LogP contribution in [-0.2, 0) is 19.1 Å². The molecule has 5 nitrogen and oxygen atoms in total. The molecular formula is C19H22F3N5S. The van der Waals surface area contributed by atoms with Crippen molar-refractivity contribution in [1.29, 1.82) is 0 Å². The fourth-order valence-electron chi connectivity index (χ4n) is 2.80. The van der Waals surface area contributed by atoms with Crippen molar-refractivity contribution in [3.05, 3.63) is 58.1 Å². The molecule has 0 radical (unpaired) electrons. The Labute approximate surface area is 166 Å². The van der Waals surface area contributed by atoms with Gasteiger partial charge < -0.3 is 15.5 Å². The quantitative estimate of drug-likeness (QED) is 0.436. The molecule has 0 fully saturated rings. The van der Waals surface area contributed by atoms with Crippen LogP contribution in [-0.4, -0.2) is 37.6 Å². The molecule has 1 aliphatic rings. The Bertz CT molecular complexity index is 836. The zero-order valence-electron chi connectivity index (χ0n) is 15.5. The molecule has 0 spiro atoms. The molecule has 2 heterocycles. The highest BCUT2D eigenvalue weighted by molar-refractivity contribution is 7.09. The van der Waals surface area contributed by atoms with E-state index in [0.29, 0.717) is 30.5 Å². The summed E-state index contributed by atoms with van der Waals surface area (Å²) in [4.78, 5) is 10.1. The van der Waals surface area contributed by atoms with E-state index in [1.165, 1.54) is 5.69 Å². The second kappa shape index (κ2) is 9.09. The Morgan fingerprint density at radius 3 is 2.71 bits per heavy atom. The summed E-state index contributed by atoms with van der Waals surface area (Å²) in [5, 5.41) is 7.83. The number of aromatic nitrogens is 1. The largest absolute Gasteiger partial charge is 0.434 e. The van der Waals surface area contributed by atoms with E-state index >= 15 is 0 Å². The second-order valence-electron chi connectivity index (χ2n) is 6.27. The minimum atomic E-state index is -4.39. The third-order valence-electron chi connectivity index (χ3n) is 4.25. The van der Waals surface area contributed by atoms with E-state index in [-0.39, 0.29) is 0 Å². The van der Waals surface area contributed by atoms with Crippen LogP contribution < -0.4 is 15.5 Å². The minimum Gasteiger partial charge on any atom is -0.364 e. The molecule has 0 amide bonds. The van der Waals surface area contributed by atoms with Gasteiger partial charge in [-0.2, -0.15) is 13.2 Å². The molecule has 0 saturated heterocycles. The summed E-state index contributed by atoms with van der Waals surface area (Å²) in [6, 6.07) is 8.30. The van der Waals surface area contributed by atoms with Crippen molar-refractivity contribution in [3.63, 3.8) is 0 Å². The van der Waals surface area contributed by atoms with Crippen LogP contribution in [0.3, 0.4) is 0 Å². The Morgan fingerprint density at radius 1 is 1.25 bits per heavy atom. The average Bonchev–Trinajstić information content (AvgIpc) is 3.36. The lowest BCUT2D eigenvalue weighted by molar-refractivity contribution is -0.140. The Kier molecular flexibility index (Phi) is 6.56. The number of anilines is 1. The van der Waals surface area contributed by atoms with Crippen molar-refractivity contribution in [1.82, 2.24) is 15.6 Å². The molecule has 3 rings (SSSR count). The number of nitrogens with one attached hydrogen (secondary N) is 2. The Morgan fingerprint density at radius 2 is 2.04 bits per heavy atom. The Balaban J connectivity index is 1.46. The van der Waals surface area contributed by atoms with Gasteiger partial charge in [0.15, 0.2) is 11.7 Å². The van der Waals surface area contributed by atoms with Gasteiger partial charge in [0.2, 0.25) is 0 Å². The van der Waals surface area contributed by atoms with Gasteiger partial charge >= 0.3 is 6.18 Å².